The molecule has 1 aromatic heterocycles. The summed E-state index contributed by atoms with van der Waals surface area (Å²) in [7, 11) is 0. The summed E-state index contributed by atoms with van der Waals surface area (Å²) in [5.74, 6) is 1.57. The van der Waals surface area contributed by atoms with E-state index in [2.05, 4.69) is 36.4 Å². The fraction of sp³-hybridized carbons (Fsp3) is 0.222. The number of aromatic nitrogens is 3. The molecule has 3 aromatic rings. The summed E-state index contributed by atoms with van der Waals surface area (Å²) >= 11 is 3.54. The van der Waals surface area contributed by atoms with Crippen LogP contribution >= 0.6 is 15.9 Å². The predicted molar refractivity (Wildman–Crippen MR) is 99.8 cm³/mol. The van der Waals surface area contributed by atoms with E-state index in [4.69, 9.17) is 9.47 Å². The van der Waals surface area contributed by atoms with Gasteiger partial charge < -0.3 is 14.8 Å². The summed E-state index contributed by atoms with van der Waals surface area (Å²) in [4.78, 5) is 4.03. The lowest BCUT2D eigenvalue weighted by molar-refractivity contribution is 0.267. The second-order valence-corrected chi connectivity index (χ2v) is 6.30. The van der Waals surface area contributed by atoms with Gasteiger partial charge in [0.15, 0.2) is 11.5 Å². The first-order chi connectivity index (χ1) is 12.7. The van der Waals surface area contributed by atoms with Crippen LogP contribution in [0.25, 0.3) is 0 Å². The Morgan fingerprint density at radius 3 is 2.65 bits per heavy atom. The fourth-order valence-electron chi connectivity index (χ4n) is 2.34. The van der Waals surface area contributed by atoms with E-state index in [-0.39, 0.29) is 5.82 Å². The molecule has 1 heterocycles. The number of nitrogens with zero attached hydrogens (tertiary/aromatic N) is 2. The molecule has 0 saturated carbocycles. The van der Waals surface area contributed by atoms with Crippen LogP contribution in [0.1, 0.15) is 18.1 Å². The smallest absolute Gasteiger partial charge is 0.218 e. The van der Waals surface area contributed by atoms with Crippen LogP contribution in [0.15, 0.2) is 47.2 Å². The molecule has 0 atom stereocenters. The molecule has 8 heteroatoms. The largest absolute Gasteiger partial charge is 0.490 e. The molecule has 2 aromatic carbocycles. The third-order valence-corrected chi connectivity index (χ3v) is 4.13. The topological polar surface area (TPSA) is 72.1 Å². The Hall–Kier alpha value is -2.61. The summed E-state index contributed by atoms with van der Waals surface area (Å²) in [5, 5.41) is 9.68. The zero-order chi connectivity index (χ0) is 18.4. The van der Waals surface area contributed by atoms with Crippen LogP contribution < -0.4 is 14.8 Å². The van der Waals surface area contributed by atoms with Gasteiger partial charge in [-0.2, -0.15) is 5.10 Å². The normalized spacial score (nSPS) is 10.6. The first-order valence-electron chi connectivity index (χ1n) is 8.07. The molecular formula is C18H18BrFN4O2. The molecule has 136 valence electrons. The van der Waals surface area contributed by atoms with Crippen LogP contribution in [0.3, 0.4) is 0 Å². The lowest BCUT2D eigenvalue weighted by Gasteiger charge is -2.16. The molecule has 0 spiro atoms. The maximum Gasteiger partial charge on any atom is 0.218 e. The average Bonchev–Trinajstić information content (AvgIpc) is 3.14. The zero-order valence-electron chi connectivity index (χ0n) is 14.1. The maximum absolute atomic E-state index is 13.0. The van der Waals surface area contributed by atoms with Crippen molar-refractivity contribution < 1.29 is 13.9 Å². The molecule has 0 bridgehead atoms. The van der Waals surface area contributed by atoms with Crippen LogP contribution in [0, 0.1) is 5.82 Å². The standard InChI is InChI=1S/C18H18BrFN4O2/c1-2-25-16-8-13(9-21-18-22-11-23-24-18)7-15(19)17(16)26-10-12-3-5-14(20)6-4-12/h3-8,11H,2,9-10H2,1H3,(H2,21,22,23,24). The Balaban J connectivity index is 1.74. The molecule has 6 nitrogen and oxygen atoms in total. The summed E-state index contributed by atoms with van der Waals surface area (Å²) in [6.07, 6.45) is 1.44. The number of hydrogen-bond donors (Lipinski definition) is 2. The van der Waals surface area contributed by atoms with Gasteiger partial charge in [-0.3, -0.25) is 0 Å². The monoisotopic (exact) mass is 420 g/mol. The number of aromatic amines is 1. The van der Waals surface area contributed by atoms with E-state index in [1.807, 2.05) is 19.1 Å². The lowest BCUT2D eigenvalue weighted by atomic mass is 10.2. The number of rotatable bonds is 8. The van der Waals surface area contributed by atoms with Gasteiger partial charge in [0, 0.05) is 6.54 Å². The highest BCUT2D eigenvalue weighted by atomic mass is 79.9. The maximum atomic E-state index is 13.0. The van der Waals surface area contributed by atoms with Crippen LogP contribution in [0.5, 0.6) is 11.5 Å². The summed E-state index contributed by atoms with van der Waals surface area (Å²) in [6, 6.07) is 10.1. The van der Waals surface area contributed by atoms with Crippen molar-refractivity contribution >= 4 is 21.9 Å². The van der Waals surface area contributed by atoms with Crippen molar-refractivity contribution in [3.63, 3.8) is 0 Å². The van der Waals surface area contributed by atoms with E-state index in [1.165, 1.54) is 18.5 Å². The van der Waals surface area contributed by atoms with Crippen LogP contribution in [0.2, 0.25) is 0 Å². The van der Waals surface area contributed by atoms with E-state index < -0.39 is 0 Å². The van der Waals surface area contributed by atoms with E-state index in [0.29, 0.717) is 37.2 Å². The Morgan fingerprint density at radius 2 is 1.96 bits per heavy atom. The van der Waals surface area contributed by atoms with Gasteiger partial charge in [0.25, 0.3) is 0 Å². The molecule has 0 unspecified atom stereocenters. The molecule has 0 aliphatic carbocycles. The Labute approximate surface area is 158 Å². The lowest BCUT2D eigenvalue weighted by Crippen LogP contribution is -2.04. The first kappa shape index (κ1) is 18.2. The summed E-state index contributed by atoms with van der Waals surface area (Å²) < 4.78 is 25.4. The van der Waals surface area contributed by atoms with Crippen molar-refractivity contribution in [1.29, 1.82) is 0 Å². The SMILES string of the molecule is CCOc1cc(CNc2ncn[nH]2)cc(Br)c1OCc1ccc(F)cc1. The molecule has 0 aliphatic heterocycles. The van der Waals surface area contributed by atoms with Crippen LogP contribution in [-0.4, -0.2) is 21.8 Å². The second-order valence-electron chi connectivity index (χ2n) is 5.44. The van der Waals surface area contributed by atoms with Crippen molar-refractivity contribution in [2.75, 3.05) is 11.9 Å². The number of ether oxygens (including phenoxy) is 2. The van der Waals surface area contributed by atoms with Gasteiger partial charge in [-0.15, -0.1) is 0 Å². The molecule has 0 radical (unpaired) electrons. The quantitative estimate of drug-likeness (QED) is 0.568. The van der Waals surface area contributed by atoms with E-state index in [9.17, 15) is 4.39 Å². The summed E-state index contributed by atoms with van der Waals surface area (Å²) in [6.45, 7) is 3.29. The minimum Gasteiger partial charge on any atom is -0.490 e. The molecule has 0 fully saturated rings. The van der Waals surface area contributed by atoms with Gasteiger partial charge in [-0.05, 0) is 58.2 Å². The summed E-state index contributed by atoms with van der Waals surface area (Å²) in [5.41, 5.74) is 1.86. The van der Waals surface area contributed by atoms with E-state index in [0.717, 1.165) is 15.6 Å². The predicted octanol–water partition coefficient (Wildman–Crippen LogP) is 4.30. The third kappa shape index (κ3) is 4.72. The Bertz CT molecular complexity index is 841. The van der Waals surface area contributed by atoms with Gasteiger partial charge in [0.2, 0.25) is 5.95 Å². The van der Waals surface area contributed by atoms with Crippen LogP contribution in [0.4, 0.5) is 10.3 Å². The second kappa shape index (κ2) is 8.66. The van der Waals surface area contributed by atoms with Gasteiger partial charge >= 0.3 is 0 Å². The first-order valence-corrected chi connectivity index (χ1v) is 8.86. The van der Waals surface area contributed by atoms with Crippen molar-refractivity contribution in [2.24, 2.45) is 0 Å². The van der Waals surface area contributed by atoms with Gasteiger partial charge in [-0.25, -0.2) is 14.5 Å². The fourth-order valence-corrected chi connectivity index (χ4v) is 2.94. The molecular weight excluding hydrogens is 403 g/mol. The Kier molecular flexibility index (Phi) is 6.06. The molecule has 0 saturated heterocycles. The van der Waals surface area contributed by atoms with Gasteiger partial charge in [-0.1, -0.05) is 12.1 Å². The molecule has 26 heavy (non-hydrogen) atoms. The molecule has 3 rings (SSSR count). The highest BCUT2D eigenvalue weighted by molar-refractivity contribution is 9.10. The minimum absolute atomic E-state index is 0.270. The van der Waals surface area contributed by atoms with Gasteiger partial charge in [0.1, 0.15) is 18.8 Å². The van der Waals surface area contributed by atoms with Crippen molar-refractivity contribution in [3.05, 3.63) is 64.1 Å². The molecule has 0 amide bonds. The highest BCUT2D eigenvalue weighted by Crippen LogP contribution is 2.37. The average molecular weight is 421 g/mol. The number of benzene rings is 2. The van der Waals surface area contributed by atoms with Crippen molar-refractivity contribution in [2.45, 2.75) is 20.1 Å². The number of nitrogens with one attached hydrogen (secondary N) is 2. The minimum atomic E-state index is -0.270. The number of halogens is 2. The van der Waals surface area contributed by atoms with Crippen LogP contribution in [-0.2, 0) is 13.2 Å². The highest BCUT2D eigenvalue weighted by Gasteiger charge is 2.13. The van der Waals surface area contributed by atoms with Gasteiger partial charge in [0.05, 0.1) is 11.1 Å². The number of hydrogen-bond acceptors (Lipinski definition) is 5. The third-order valence-electron chi connectivity index (χ3n) is 3.54. The van der Waals surface area contributed by atoms with E-state index in [1.54, 1.807) is 12.1 Å². The molecule has 0 aliphatic rings. The van der Waals surface area contributed by atoms with E-state index >= 15 is 0 Å². The number of H-pyrrole nitrogens is 1. The molecule has 2 N–H and O–H groups in total. The van der Waals surface area contributed by atoms with Crippen molar-refractivity contribution in [1.82, 2.24) is 15.2 Å². The number of anilines is 1. The Morgan fingerprint density at radius 1 is 1.15 bits per heavy atom. The van der Waals surface area contributed by atoms with Crippen molar-refractivity contribution in [3.8, 4) is 11.5 Å². The zero-order valence-corrected chi connectivity index (χ0v) is 15.7.